The van der Waals surface area contributed by atoms with Gasteiger partial charge in [0, 0.05) is 25.2 Å². The smallest absolute Gasteiger partial charge is 0.269 e. The summed E-state index contributed by atoms with van der Waals surface area (Å²) in [6.07, 6.45) is 4.23. The van der Waals surface area contributed by atoms with Gasteiger partial charge in [0.25, 0.3) is 11.8 Å². The summed E-state index contributed by atoms with van der Waals surface area (Å²) >= 11 is 5.98. The van der Waals surface area contributed by atoms with Crippen molar-refractivity contribution in [2.75, 3.05) is 19.0 Å². The fraction of sp³-hybridized carbons (Fsp3) is 0.444. The van der Waals surface area contributed by atoms with Crippen molar-refractivity contribution in [2.24, 2.45) is 5.92 Å². The topological polar surface area (TPSA) is 124 Å². The highest BCUT2D eigenvalue weighted by Crippen LogP contribution is 2.27. The van der Waals surface area contributed by atoms with Crippen LogP contribution in [0.4, 0.5) is 5.69 Å². The van der Waals surface area contributed by atoms with Crippen molar-refractivity contribution in [2.45, 2.75) is 31.7 Å². The van der Waals surface area contributed by atoms with E-state index in [4.69, 9.17) is 11.6 Å². The summed E-state index contributed by atoms with van der Waals surface area (Å²) in [6, 6.07) is 3.38. The van der Waals surface area contributed by atoms with E-state index in [9.17, 15) is 14.4 Å². The first-order valence-corrected chi connectivity index (χ1v) is 9.53. The van der Waals surface area contributed by atoms with E-state index in [1.165, 1.54) is 7.05 Å². The first-order chi connectivity index (χ1) is 13.5. The van der Waals surface area contributed by atoms with Gasteiger partial charge in [-0.1, -0.05) is 11.6 Å². The molecule has 9 nitrogen and oxygen atoms in total. The Morgan fingerprint density at radius 3 is 2.43 bits per heavy atom. The van der Waals surface area contributed by atoms with E-state index in [-0.39, 0.29) is 46.2 Å². The lowest BCUT2D eigenvalue weighted by Gasteiger charge is -2.28. The molecular formula is C18H23ClN6O3. The van der Waals surface area contributed by atoms with Crippen molar-refractivity contribution in [3.63, 3.8) is 0 Å². The summed E-state index contributed by atoms with van der Waals surface area (Å²) < 4.78 is 0. The van der Waals surface area contributed by atoms with E-state index < -0.39 is 0 Å². The van der Waals surface area contributed by atoms with Crippen LogP contribution in [0.3, 0.4) is 0 Å². The van der Waals surface area contributed by atoms with Crippen molar-refractivity contribution in [3.05, 3.63) is 34.9 Å². The van der Waals surface area contributed by atoms with Crippen molar-refractivity contribution >= 4 is 35.0 Å². The predicted molar refractivity (Wildman–Crippen MR) is 104 cm³/mol. The first-order valence-electron chi connectivity index (χ1n) is 9.16. The number of hydrogen-bond acceptors (Lipinski definition) is 6. The van der Waals surface area contributed by atoms with E-state index in [1.807, 2.05) is 0 Å². The van der Waals surface area contributed by atoms with Crippen LogP contribution in [0.1, 0.15) is 25.7 Å². The second kappa shape index (κ2) is 8.92. The molecule has 5 N–H and O–H groups in total. The highest BCUT2D eigenvalue weighted by atomic mass is 35.5. The normalized spacial score (nSPS) is 21.4. The molecule has 1 fully saturated rings. The lowest BCUT2D eigenvalue weighted by Crippen LogP contribution is -2.42. The Morgan fingerprint density at radius 1 is 1.11 bits per heavy atom. The molecule has 1 aliphatic carbocycles. The first kappa shape index (κ1) is 19.9. The van der Waals surface area contributed by atoms with Gasteiger partial charge in [0.1, 0.15) is 11.4 Å². The second-order valence-corrected chi connectivity index (χ2v) is 7.07. The number of pyridine rings is 1. The maximum atomic E-state index is 12.5. The molecule has 10 heteroatoms. The Hall–Kier alpha value is -2.81. The molecule has 0 saturated heterocycles. The van der Waals surface area contributed by atoms with E-state index in [2.05, 4.69) is 31.6 Å². The van der Waals surface area contributed by atoms with Gasteiger partial charge in [0.2, 0.25) is 5.91 Å². The molecule has 2 aliphatic rings. The Bertz CT molecular complexity index is 804. The molecule has 2 heterocycles. The largest absolute Gasteiger partial charge is 0.362 e. The molecule has 1 aromatic rings. The number of rotatable bonds is 5. The molecule has 0 aromatic carbocycles. The standard InChI is InChI=1S/C18H23ClN6O3/c1-20-17(27)13-14(23-9-22-13)18(28)24-11-6-4-10(5-7-11)16(26)25-12-3-2-8-21-15(12)19/h2-3,8,10-11,22-23H,4-7,9H2,1H3,(H,20,27)(H,24,28)(H,25,26). The van der Waals surface area contributed by atoms with Gasteiger partial charge in [0.05, 0.1) is 12.4 Å². The highest BCUT2D eigenvalue weighted by Gasteiger charge is 2.30. The summed E-state index contributed by atoms with van der Waals surface area (Å²) in [4.78, 5) is 40.7. The molecule has 3 rings (SSSR count). The Balaban J connectivity index is 1.51. The summed E-state index contributed by atoms with van der Waals surface area (Å²) in [5.41, 5.74) is 0.977. The molecule has 150 valence electrons. The van der Waals surface area contributed by atoms with Gasteiger partial charge in [-0.25, -0.2) is 4.98 Å². The minimum Gasteiger partial charge on any atom is -0.362 e. The van der Waals surface area contributed by atoms with Crippen LogP contribution in [0, 0.1) is 5.92 Å². The molecular weight excluding hydrogens is 384 g/mol. The molecule has 1 aromatic heterocycles. The van der Waals surface area contributed by atoms with Crippen molar-refractivity contribution < 1.29 is 14.4 Å². The highest BCUT2D eigenvalue weighted by molar-refractivity contribution is 6.32. The van der Waals surface area contributed by atoms with Gasteiger partial charge in [-0.05, 0) is 37.8 Å². The lowest BCUT2D eigenvalue weighted by molar-refractivity contribution is -0.121. The Morgan fingerprint density at radius 2 is 1.79 bits per heavy atom. The van der Waals surface area contributed by atoms with Crippen LogP contribution >= 0.6 is 11.6 Å². The monoisotopic (exact) mass is 406 g/mol. The number of amides is 3. The number of aromatic nitrogens is 1. The average Bonchev–Trinajstić information content (AvgIpc) is 3.19. The quantitative estimate of drug-likeness (QED) is 0.452. The summed E-state index contributed by atoms with van der Waals surface area (Å²) in [5, 5.41) is 14.3. The molecule has 0 radical (unpaired) electrons. The van der Waals surface area contributed by atoms with Crippen LogP contribution < -0.4 is 26.6 Å². The summed E-state index contributed by atoms with van der Waals surface area (Å²) in [7, 11) is 1.51. The van der Waals surface area contributed by atoms with Gasteiger partial charge in [-0.3, -0.25) is 14.4 Å². The van der Waals surface area contributed by atoms with E-state index in [0.29, 0.717) is 38.0 Å². The number of halogens is 1. The Labute approximate surface area is 167 Å². The SMILES string of the molecule is CNC(=O)C1=C(C(=O)NC2CCC(C(=O)Nc3cccnc3Cl)CC2)NCN1. The van der Waals surface area contributed by atoms with Gasteiger partial charge in [-0.2, -0.15) is 0 Å². The van der Waals surface area contributed by atoms with Crippen LogP contribution in [0.15, 0.2) is 29.7 Å². The molecule has 1 aliphatic heterocycles. The molecule has 3 amide bonds. The third-order valence-electron chi connectivity index (χ3n) is 4.91. The van der Waals surface area contributed by atoms with Crippen LogP contribution in [0.25, 0.3) is 0 Å². The minimum atomic E-state index is -0.343. The Kier molecular flexibility index (Phi) is 6.35. The second-order valence-electron chi connectivity index (χ2n) is 6.71. The average molecular weight is 407 g/mol. The van der Waals surface area contributed by atoms with Crippen molar-refractivity contribution in [1.29, 1.82) is 0 Å². The fourth-order valence-electron chi connectivity index (χ4n) is 3.38. The molecule has 28 heavy (non-hydrogen) atoms. The van der Waals surface area contributed by atoms with E-state index >= 15 is 0 Å². The maximum absolute atomic E-state index is 12.5. The van der Waals surface area contributed by atoms with Gasteiger partial charge >= 0.3 is 0 Å². The minimum absolute atomic E-state index is 0.0423. The predicted octanol–water partition coefficient (Wildman–Crippen LogP) is 0.456. The van der Waals surface area contributed by atoms with Crippen LogP contribution in [0.2, 0.25) is 5.15 Å². The van der Waals surface area contributed by atoms with Crippen molar-refractivity contribution in [3.8, 4) is 0 Å². The third-order valence-corrected chi connectivity index (χ3v) is 5.21. The number of carbonyl (C=O) groups excluding carboxylic acids is 3. The number of anilines is 1. The number of nitrogens with zero attached hydrogens (tertiary/aromatic N) is 1. The van der Waals surface area contributed by atoms with Crippen LogP contribution in [0.5, 0.6) is 0 Å². The van der Waals surface area contributed by atoms with Gasteiger partial charge < -0.3 is 26.6 Å². The number of carbonyl (C=O) groups is 3. The fourth-order valence-corrected chi connectivity index (χ4v) is 3.55. The van der Waals surface area contributed by atoms with Crippen LogP contribution in [-0.4, -0.2) is 42.5 Å². The zero-order valence-corrected chi connectivity index (χ0v) is 16.2. The molecule has 1 saturated carbocycles. The summed E-state index contributed by atoms with van der Waals surface area (Å²) in [5.74, 6) is -0.898. The van der Waals surface area contributed by atoms with Gasteiger partial charge in [0.15, 0.2) is 5.15 Å². The number of hydrogen-bond donors (Lipinski definition) is 5. The van der Waals surface area contributed by atoms with Crippen molar-refractivity contribution in [1.82, 2.24) is 26.3 Å². The molecule has 0 bridgehead atoms. The van der Waals surface area contributed by atoms with E-state index in [0.717, 1.165) is 0 Å². The number of nitrogens with one attached hydrogen (secondary N) is 5. The third kappa shape index (κ3) is 4.53. The molecule has 0 atom stereocenters. The molecule has 0 spiro atoms. The van der Waals surface area contributed by atoms with Gasteiger partial charge in [-0.15, -0.1) is 0 Å². The van der Waals surface area contributed by atoms with E-state index in [1.54, 1.807) is 18.3 Å². The zero-order chi connectivity index (χ0) is 20.1. The number of likely N-dealkylation sites (N-methyl/N-ethyl adjacent to an activating group) is 1. The lowest BCUT2D eigenvalue weighted by atomic mass is 9.85. The molecule has 0 unspecified atom stereocenters. The maximum Gasteiger partial charge on any atom is 0.269 e. The summed E-state index contributed by atoms with van der Waals surface area (Å²) in [6.45, 7) is 0.329. The van der Waals surface area contributed by atoms with Crippen LogP contribution in [-0.2, 0) is 14.4 Å². The zero-order valence-electron chi connectivity index (χ0n) is 15.5.